The third kappa shape index (κ3) is 2.24. The molecule has 0 heterocycles. The third-order valence-electron chi connectivity index (χ3n) is 3.68. The van der Waals surface area contributed by atoms with Crippen molar-refractivity contribution in [3.05, 3.63) is 53.6 Å². The van der Waals surface area contributed by atoms with Crippen LogP contribution in [0.5, 0.6) is 5.75 Å². The van der Waals surface area contributed by atoms with Crippen LogP contribution in [0.3, 0.4) is 0 Å². The summed E-state index contributed by atoms with van der Waals surface area (Å²) in [6.07, 6.45) is 2.17. The lowest BCUT2D eigenvalue weighted by molar-refractivity contribution is 0.416. The maximum atomic E-state index is 5.83. The van der Waals surface area contributed by atoms with Gasteiger partial charge in [0.15, 0.2) is 0 Å². The van der Waals surface area contributed by atoms with Gasteiger partial charge in [-0.05, 0) is 48.2 Å². The van der Waals surface area contributed by atoms with E-state index in [-0.39, 0.29) is 0 Å². The molecule has 0 spiro atoms. The SMILES string of the molecule is COc1ccccc1NC1CCc2cc(N)ccc21. The molecule has 1 aliphatic rings. The zero-order valence-corrected chi connectivity index (χ0v) is 11.0. The van der Waals surface area contributed by atoms with Gasteiger partial charge in [-0.3, -0.25) is 0 Å². The van der Waals surface area contributed by atoms with E-state index >= 15 is 0 Å². The molecule has 0 saturated carbocycles. The molecular formula is C16H18N2O. The van der Waals surface area contributed by atoms with Gasteiger partial charge in [-0.25, -0.2) is 0 Å². The molecule has 2 aromatic rings. The van der Waals surface area contributed by atoms with Gasteiger partial charge in [0.25, 0.3) is 0 Å². The van der Waals surface area contributed by atoms with Crippen LogP contribution in [0.15, 0.2) is 42.5 Å². The predicted molar refractivity (Wildman–Crippen MR) is 78.5 cm³/mol. The maximum absolute atomic E-state index is 5.83. The van der Waals surface area contributed by atoms with Crippen LogP contribution in [0.2, 0.25) is 0 Å². The molecule has 3 nitrogen and oxygen atoms in total. The van der Waals surface area contributed by atoms with Gasteiger partial charge in [0.05, 0.1) is 18.8 Å². The zero-order chi connectivity index (χ0) is 13.2. The normalized spacial score (nSPS) is 17.0. The van der Waals surface area contributed by atoms with E-state index in [0.717, 1.165) is 30.0 Å². The highest BCUT2D eigenvalue weighted by atomic mass is 16.5. The number of para-hydroxylation sites is 2. The molecule has 1 unspecified atom stereocenters. The van der Waals surface area contributed by atoms with Crippen LogP contribution < -0.4 is 15.8 Å². The van der Waals surface area contributed by atoms with Gasteiger partial charge >= 0.3 is 0 Å². The fraction of sp³-hybridized carbons (Fsp3) is 0.250. The topological polar surface area (TPSA) is 47.3 Å². The van der Waals surface area contributed by atoms with E-state index < -0.39 is 0 Å². The summed E-state index contributed by atoms with van der Waals surface area (Å²) >= 11 is 0. The Balaban J connectivity index is 1.87. The number of benzene rings is 2. The molecule has 0 saturated heterocycles. The quantitative estimate of drug-likeness (QED) is 0.825. The fourth-order valence-corrected chi connectivity index (χ4v) is 2.74. The highest BCUT2D eigenvalue weighted by Gasteiger charge is 2.22. The summed E-state index contributed by atoms with van der Waals surface area (Å²) in [5, 5.41) is 3.57. The molecular weight excluding hydrogens is 236 g/mol. The Labute approximate surface area is 113 Å². The lowest BCUT2D eigenvalue weighted by Gasteiger charge is -2.17. The number of hydrogen-bond acceptors (Lipinski definition) is 3. The molecule has 3 rings (SSSR count). The van der Waals surface area contributed by atoms with Gasteiger partial charge in [-0.2, -0.15) is 0 Å². The van der Waals surface area contributed by atoms with Crippen molar-refractivity contribution in [3.8, 4) is 5.75 Å². The molecule has 0 fully saturated rings. The molecule has 0 radical (unpaired) electrons. The smallest absolute Gasteiger partial charge is 0.141 e. The van der Waals surface area contributed by atoms with Crippen molar-refractivity contribution in [1.29, 1.82) is 0 Å². The standard InChI is InChI=1S/C16H18N2O/c1-19-16-5-3-2-4-15(16)18-14-9-6-11-10-12(17)7-8-13(11)14/h2-5,7-8,10,14,18H,6,9,17H2,1H3. The minimum absolute atomic E-state index is 0.340. The van der Waals surface area contributed by atoms with E-state index in [1.807, 2.05) is 30.3 Å². The Bertz CT molecular complexity index is 595. The summed E-state index contributed by atoms with van der Waals surface area (Å²) in [5.41, 5.74) is 10.4. The van der Waals surface area contributed by atoms with Gasteiger partial charge in [0.2, 0.25) is 0 Å². The van der Waals surface area contributed by atoms with Gasteiger partial charge in [0.1, 0.15) is 5.75 Å². The van der Waals surface area contributed by atoms with Crippen molar-refractivity contribution >= 4 is 11.4 Å². The number of rotatable bonds is 3. The molecule has 3 N–H and O–H groups in total. The first-order valence-corrected chi connectivity index (χ1v) is 6.56. The summed E-state index contributed by atoms with van der Waals surface area (Å²) in [6.45, 7) is 0. The summed E-state index contributed by atoms with van der Waals surface area (Å²) in [6, 6.07) is 14.5. The van der Waals surface area contributed by atoms with Crippen LogP contribution in [-0.4, -0.2) is 7.11 Å². The number of nitrogen functional groups attached to an aromatic ring is 1. The average Bonchev–Trinajstić information content (AvgIpc) is 2.82. The van der Waals surface area contributed by atoms with Crippen molar-refractivity contribution in [3.63, 3.8) is 0 Å². The zero-order valence-electron chi connectivity index (χ0n) is 11.0. The van der Waals surface area contributed by atoms with Crippen LogP contribution in [0.1, 0.15) is 23.6 Å². The predicted octanol–water partition coefficient (Wildman–Crippen LogP) is 3.38. The van der Waals surface area contributed by atoms with Crippen LogP contribution >= 0.6 is 0 Å². The molecule has 19 heavy (non-hydrogen) atoms. The number of hydrogen-bond donors (Lipinski definition) is 2. The summed E-state index contributed by atoms with van der Waals surface area (Å²) < 4.78 is 5.38. The number of ether oxygens (including phenoxy) is 1. The van der Waals surface area contributed by atoms with Crippen molar-refractivity contribution in [2.75, 3.05) is 18.2 Å². The second-order valence-corrected chi connectivity index (χ2v) is 4.89. The minimum atomic E-state index is 0.340. The van der Waals surface area contributed by atoms with Gasteiger partial charge in [0, 0.05) is 5.69 Å². The molecule has 1 atom stereocenters. The van der Waals surface area contributed by atoms with Gasteiger partial charge < -0.3 is 15.8 Å². The number of aryl methyl sites for hydroxylation is 1. The summed E-state index contributed by atoms with van der Waals surface area (Å²) in [5.74, 6) is 0.881. The van der Waals surface area contributed by atoms with E-state index in [1.165, 1.54) is 11.1 Å². The van der Waals surface area contributed by atoms with E-state index in [0.29, 0.717) is 6.04 Å². The Hall–Kier alpha value is -2.16. The molecule has 0 aromatic heterocycles. The number of fused-ring (bicyclic) bond motifs is 1. The number of nitrogens with two attached hydrogens (primary N) is 1. The lowest BCUT2D eigenvalue weighted by Crippen LogP contribution is -2.08. The largest absolute Gasteiger partial charge is 0.495 e. The second kappa shape index (κ2) is 4.84. The van der Waals surface area contributed by atoms with E-state index in [2.05, 4.69) is 17.4 Å². The molecule has 2 aromatic carbocycles. The summed E-state index contributed by atoms with van der Waals surface area (Å²) in [7, 11) is 1.70. The first-order valence-electron chi connectivity index (χ1n) is 6.56. The minimum Gasteiger partial charge on any atom is -0.495 e. The Morgan fingerprint density at radius 3 is 2.89 bits per heavy atom. The van der Waals surface area contributed by atoms with Crippen LogP contribution in [0, 0.1) is 0 Å². The van der Waals surface area contributed by atoms with Crippen LogP contribution in [-0.2, 0) is 6.42 Å². The van der Waals surface area contributed by atoms with Gasteiger partial charge in [-0.15, -0.1) is 0 Å². The van der Waals surface area contributed by atoms with Crippen LogP contribution in [0.25, 0.3) is 0 Å². The Kier molecular flexibility index (Phi) is 3.03. The maximum Gasteiger partial charge on any atom is 0.141 e. The van der Waals surface area contributed by atoms with E-state index in [9.17, 15) is 0 Å². The number of methoxy groups -OCH3 is 1. The first-order chi connectivity index (χ1) is 9.28. The number of nitrogens with one attached hydrogen (secondary N) is 1. The second-order valence-electron chi connectivity index (χ2n) is 4.89. The van der Waals surface area contributed by atoms with Crippen molar-refractivity contribution in [2.45, 2.75) is 18.9 Å². The van der Waals surface area contributed by atoms with Crippen molar-refractivity contribution in [2.24, 2.45) is 0 Å². The van der Waals surface area contributed by atoms with Crippen LogP contribution in [0.4, 0.5) is 11.4 Å². The average molecular weight is 254 g/mol. The summed E-state index contributed by atoms with van der Waals surface area (Å²) in [4.78, 5) is 0. The van der Waals surface area contributed by atoms with E-state index in [4.69, 9.17) is 10.5 Å². The first kappa shape index (κ1) is 11.9. The number of anilines is 2. The Morgan fingerprint density at radius 1 is 1.21 bits per heavy atom. The molecule has 0 aliphatic heterocycles. The molecule has 0 bridgehead atoms. The highest BCUT2D eigenvalue weighted by molar-refractivity contribution is 5.59. The van der Waals surface area contributed by atoms with Crippen molar-refractivity contribution < 1.29 is 4.74 Å². The van der Waals surface area contributed by atoms with Crippen molar-refractivity contribution in [1.82, 2.24) is 0 Å². The molecule has 98 valence electrons. The third-order valence-corrected chi connectivity index (χ3v) is 3.68. The molecule has 3 heteroatoms. The monoisotopic (exact) mass is 254 g/mol. The highest BCUT2D eigenvalue weighted by Crippen LogP contribution is 2.36. The van der Waals surface area contributed by atoms with Gasteiger partial charge in [-0.1, -0.05) is 18.2 Å². The van der Waals surface area contributed by atoms with E-state index in [1.54, 1.807) is 7.11 Å². The lowest BCUT2D eigenvalue weighted by atomic mass is 10.1. The molecule has 1 aliphatic carbocycles. The molecule has 0 amide bonds. The Morgan fingerprint density at radius 2 is 2.05 bits per heavy atom. The fourth-order valence-electron chi connectivity index (χ4n) is 2.74.